The fraction of sp³-hybridized carbons (Fsp3) is 0.889. The molecule has 0 radical (unpaired) electrons. The van der Waals surface area contributed by atoms with Gasteiger partial charge >= 0.3 is 0 Å². The van der Waals surface area contributed by atoms with Crippen molar-refractivity contribution in [3.8, 4) is 0 Å². The first-order chi connectivity index (χ1) is 10.3. The summed E-state index contributed by atoms with van der Waals surface area (Å²) in [4.78, 5) is 0. The maximum atomic E-state index is 6.20. The van der Waals surface area contributed by atoms with Crippen molar-refractivity contribution in [2.75, 3.05) is 33.4 Å². The van der Waals surface area contributed by atoms with Crippen LogP contribution in [-0.2, 0) is 9.47 Å². The molecule has 21 heavy (non-hydrogen) atoms. The van der Waals surface area contributed by atoms with Gasteiger partial charge in [-0.15, -0.1) is 0 Å². The van der Waals surface area contributed by atoms with Crippen LogP contribution in [-0.4, -0.2) is 39.0 Å². The fourth-order valence-corrected chi connectivity index (χ4v) is 3.83. The number of allylic oxidation sites excluding steroid dienone is 1. The molecule has 1 atom stereocenters. The molecule has 0 aromatic heterocycles. The lowest BCUT2D eigenvalue weighted by Crippen LogP contribution is -2.41. The minimum atomic E-state index is 0.229. The number of nitrogens with one attached hydrogen (secondary N) is 1. The molecule has 1 spiro atoms. The number of hydrogen-bond donors (Lipinski definition) is 1. The molecule has 0 aromatic carbocycles. The highest BCUT2D eigenvalue weighted by Crippen LogP contribution is 2.42. The summed E-state index contributed by atoms with van der Waals surface area (Å²) < 4.78 is 11.2. The minimum Gasteiger partial charge on any atom is -0.383 e. The van der Waals surface area contributed by atoms with Crippen LogP contribution < -0.4 is 5.32 Å². The molecule has 3 heteroatoms. The Labute approximate surface area is 130 Å². The lowest BCUT2D eigenvalue weighted by atomic mass is 9.74. The van der Waals surface area contributed by atoms with Crippen molar-refractivity contribution in [1.82, 2.24) is 5.32 Å². The van der Waals surface area contributed by atoms with Crippen molar-refractivity contribution in [3.05, 3.63) is 11.6 Å². The second-order valence-electron chi connectivity index (χ2n) is 6.76. The normalized spacial score (nSPS) is 26.2. The van der Waals surface area contributed by atoms with E-state index in [1.807, 2.05) is 0 Å². The maximum absolute atomic E-state index is 6.20. The van der Waals surface area contributed by atoms with Gasteiger partial charge in [-0.2, -0.15) is 0 Å². The van der Waals surface area contributed by atoms with Gasteiger partial charge in [0.15, 0.2) is 0 Å². The van der Waals surface area contributed by atoms with Gasteiger partial charge in [-0.25, -0.2) is 0 Å². The van der Waals surface area contributed by atoms with Crippen molar-refractivity contribution in [2.24, 2.45) is 5.92 Å². The van der Waals surface area contributed by atoms with Gasteiger partial charge in [-0.1, -0.05) is 30.9 Å². The van der Waals surface area contributed by atoms with E-state index in [0.29, 0.717) is 0 Å². The van der Waals surface area contributed by atoms with Gasteiger partial charge in [0.25, 0.3) is 0 Å². The molecule has 0 amide bonds. The molecule has 1 aliphatic carbocycles. The molecule has 1 saturated carbocycles. The van der Waals surface area contributed by atoms with Crippen LogP contribution in [0.4, 0.5) is 0 Å². The molecular weight excluding hydrogens is 262 g/mol. The molecule has 3 nitrogen and oxygen atoms in total. The number of hydrogen-bond acceptors (Lipinski definition) is 3. The van der Waals surface area contributed by atoms with Crippen molar-refractivity contribution in [3.63, 3.8) is 0 Å². The zero-order valence-electron chi connectivity index (χ0n) is 14.0. The van der Waals surface area contributed by atoms with E-state index in [0.717, 1.165) is 38.6 Å². The van der Waals surface area contributed by atoms with E-state index in [2.05, 4.69) is 18.3 Å². The molecule has 1 unspecified atom stereocenters. The monoisotopic (exact) mass is 295 g/mol. The molecule has 2 fully saturated rings. The van der Waals surface area contributed by atoms with Gasteiger partial charge in [0.2, 0.25) is 0 Å². The molecule has 1 saturated heterocycles. The van der Waals surface area contributed by atoms with E-state index in [1.165, 1.54) is 44.9 Å². The first kappa shape index (κ1) is 17.0. The Hall–Kier alpha value is -0.380. The largest absolute Gasteiger partial charge is 0.383 e. The van der Waals surface area contributed by atoms with Crippen LogP contribution in [0.5, 0.6) is 0 Å². The first-order valence-corrected chi connectivity index (χ1v) is 8.76. The highest BCUT2D eigenvalue weighted by atomic mass is 16.5. The summed E-state index contributed by atoms with van der Waals surface area (Å²) in [5.74, 6) is 0.746. The van der Waals surface area contributed by atoms with Crippen molar-refractivity contribution >= 4 is 0 Å². The summed E-state index contributed by atoms with van der Waals surface area (Å²) in [5.41, 5.74) is 1.81. The van der Waals surface area contributed by atoms with E-state index in [4.69, 9.17) is 9.47 Å². The zero-order chi connectivity index (χ0) is 15.0. The molecule has 1 heterocycles. The third-order valence-corrected chi connectivity index (χ3v) is 5.17. The van der Waals surface area contributed by atoms with E-state index in [-0.39, 0.29) is 5.60 Å². The van der Waals surface area contributed by atoms with Crippen LogP contribution >= 0.6 is 0 Å². The SMILES string of the molecule is COCCNCC/C=C(/C)C1CCOC2(CCCCC2)C1. The Morgan fingerprint density at radius 3 is 2.86 bits per heavy atom. The smallest absolute Gasteiger partial charge is 0.0688 e. The van der Waals surface area contributed by atoms with Gasteiger partial charge in [0.1, 0.15) is 0 Å². The van der Waals surface area contributed by atoms with E-state index in [1.54, 1.807) is 12.7 Å². The van der Waals surface area contributed by atoms with Crippen LogP contribution in [0.1, 0.15) is 58.3 Å². The Morgan fingerprint density at radius 1 is 1.29 bits per heavy atom. The lowest BCUT2D eigenvalue weighted by molar-refractivity contribution is -0.112. The van der Waals surface area contributed by atoms with Gasteiger partial charge in [-0.05, 0) is 51.5 Å². The Morgan fingerprint density at radius 2 is 2.10 bits per heavy atom. The van der Waals surface area contributed by atoms with Crippen LogP contribution in [0.2, 0.25) is 0 Å². The first-order valence-electron chi connectivity index (χ1n) is 8.76. The van der Waals surface area contributed by atoms with Crippen molar-refractivity contribution < 1.29 is 9.47 Å². The summed E-state index contributed by atoms with van der Waals surface area (Å²) in [6, 6.07) is 0. The maximum Gasteiger partial charge on any atom is 0.0688 e. The third kappa shape index (κ3) is 5.39. The summed E-state index contributed by atoms with van der Waals surface area (Å²) in [6.45, 7) is 6.08. The Bertz CT molecular complexity index is 316. The standard InChI is InChI=1S/C18H33NO2/c1-16(7-6-11-19-12-14-20-2)17-8-13-21-18(15-17)9-4-3-5-10-18/h7,17,19H,3-6,8-15H2,1-2H3/b16-7-. The van der Waals surface area contributed by atoms with E-state index >= 15 is 0 Å². The predicted molar refractivity (Wildman–Crippen MR) is 87.6 cm³/mol. The second-order valence-corrected chi connectivity index (χ2v) is 6.76. The average molecular weight is 295 g/mol. The third-order valence-electron chi connectivity index (χ3n) is 5.17. The fourth-order valence-electron chi connectivity index (χ4n) is 3.83. The van der Waals surface area contributed by atoms with Crippen molar-refractivity contribution in [2.45, 2.75) is 63.9 Å². The Kier molecular flexibility index (Phi) is 7.21. The molecule has 122 valence electrons. The Balaban J connectivity index is 1.74. The molecule has 1 aliphatic heterocycles. The molecule has 0 aromatic rings. The average Bonchev–Trinajstić information content (AvgIpc) is 2.51. The molecule has 2 aliphatic rings. The quantitative estimate of drug-likeness (QED) is 0.574. The van der Waals surface area contributed by atoms with Gasteiger partial charge in [0, 0.05) is 20.3 Å². The summed E-state index contributed by atoms with van der Waals surface area (Å²) in [6.07, 6.45) is 12.7. The number of ether oxygens (including phenoxy) is 2. The van der Waals surface area contributed by atoms with Crippen LogP contribution in [0.25, 0.3) is 0 Å². The van der Waals surface area contributed by atoms with Gasteiger partial charge in [-0.3, -0.25) is 0 Å². The van der Waals surface area contributed by atoms with Gasteiger partial charge in [0.05, 0.1) is 12.2 Å². The van der Waals surface area contributed by atoms with Crippen LogP contribution in [0, 0.1) is 5.92 Å². The highest BCUT2D eigenvalue weighted by molar-refractivity contribution is 5.07. The minimum absolute atomic E-state index is 0.229. The summed E-state index contributed by atoms with van der Waals surface area (Å²) in [5, 5.41) is 3.41. The van der Waals surface area contributed by atoms with Gasteiger partial charge < -0.3 is 14.8 Å². The van der Waals surface area contributed by atoms with Crippen LogP contribution in [0.3, 0.4) is 0 Å². The molecule has 0 bridgehead atoms. The zero-order valence-corrected chi connectivity index (χ0v) is 14.0. The van der Waals surface area contributed by atoms with Crippen LogP contribution in [0.15, 0.2) is 11.6 Å². The number of methoxy groups -OCH3 is 1. The van der Waals surface area contributed by atoms with E-state index < -0.39 is 0 Å². The predicted octanol–water partition coefficient (Wildman–Crippen LogP) is 3.69. The summed E-state index contributed by atoms with van der Waals surface area (Å²) in [7, 11) is 1.75. The van der Waals surface area contributed by atoms with Crippen molar-refractivity contribution in [1.29, 1.82) is 0 Å². The molecular formula is C18H33NO2. The molecule has 2 rings (SSSR count). The highest BCUT2D eigenvalue weighted by Gasteiger charge is 2.38. The molecule has 1 N–H and O–H groups in total. The lowest BCUT2D eigenvalue weighted by Gasteiger charge is -2.44. The van der Waals surface area contributed by atoms with E-state index in [9.17, 15) is 0 Å². The summed E-state index contributed by atoms with van der Waals surface area (Å²) >= 11 is 0. The second kappa shape index (κ2) is 8.92. The number of rotatable bonds is 7. The topological polar surface area (TPSA) is 30.5 Å².